The minimum atomic E-state index is -5.10. The Kier molecular flexibility index (Phi) is 3.81. The molecule has 0 saturated heterocycles. The van der Waals surface area contributed by atoms with E-state index in [0.29, 0.717) is 6.20 Å². The van der Waals surface area contributed by atoms with Gasteiger partial charge in [-0.05, 0) is 0 Å². The first-order valence-electron chi connectivity index (χ1n) is 4.02. The number of carbonyl (C=O) groups is 1. The Hall–Kier alpha value is -1.51. The molecule has 0 radical (unpaired) electrons. The number of halogens is 4. The predicted molar refractivity (Wildman–Crippen MR) is 52.2 cm³/mol. The summed E-state index contributed by atoms with van der Waals surface area (Å²) in [5, 5.41) is 17.8. The highest BCUT2D eigenvalue weighted by molar-refractivity contribution is 9.08. The third kappa shape index (κ3) is 3.22. The van der Waals surface area contributed by atoms with Gasteiger partial charge in [0.25, 0.3) is 0 Å². The minimum Gasteiger partial charge on any atom is -0.503 e. The van der Waals surface area contributed by atoms with Crippen LogP contribution in [-0.4, -0.2) is 27.5 Å². The molecule has 0 amide bonds. The van der Waals surface area contributed by atoms with Crippen LogP contribution in [0, 0.1) is 0 Å². The van der Waals surface area contributed by atoms with Crippen LogP contribution in [-0.2, 0) is 5.33 Å². The fourth-order valence-corrected chi connectivity index (χ4v) is 1.49. The van der Waals surface area contributed by atoms with E-state index in [4.69, 9.17) is 10.2 Å². The van der Waals surface area contributed by atoms with Crippen molar-refractivity contribution in [2.75, 3.05) is 0 Å². The molecular weight excluding hydrogens is 311 g/mol. The van der Waals surface area contributed by atoms with Crippen molar-refractivity contribution in [3.8, 4) is 11.5 Å². The van der Waals surface area contributed by atoms with Gasteiger partial charge >= 0.3 is 12.3 Å². The summed E-state index contributed by atoms with van der Waals surface area (Å²) in [7, 11) is 0. The molecule has 1 aromatic heterocycles. The van der Waals surface area contributed by atoms with Gasteiger partial charge in [0, 0.05) is 5.33 Å². The van der Waals surface area contributed by atoms with E-state index in [9.17, 15) is 18.0 Å². The lowest BCUT2D eigenvalue weighted by Gasteiger charge is -2.13. The van der Waals surface area contributed by atoms with Crippen LogP contribution < -0.4 is 4.74 Å². The van der Waals surface area contributed by atoms with Crippen molar-refractivity contribution >= 4 is 21.9 Å². The van der Waals surface area contributed by atoms with E-state index in [1.807, 2.05) is 0 Å². The highest BCUT2D eigenvalue weighted by Crippen LogP contribution is 2.36. The number of rotatable bonds is 3. The van der Waals surface area contributed by atoms with Crippen molar-refractivity contribution in [3.05, 3.63) is 17.5 Å². The Labute approximate surface area is 101 Å². The molecule has 0 spiro atoms. The highest BCUT2D eigenvalue weighted by Gasteiger charge is 2.35. The Balaban J connectivity index is 3.39. The molecule has 0 unspecified atom stereocenters. The molecule has 0 fully saturated rings. The quantitative estimate of drug-likeness (QED) is 0.836. The maximum absolute atomic E-state index is 12.0. The predicted octanol–water partition coefficient (Wildman–Crippen LogP) is 2.28. The van der Waals surface area contributed by atoms with Gasteiger partial charge in [0.1, 0.15) is 5.56 Å². The molecule has 0 aliphatic rings. The zero-order valence-electron chi connectivity index (χ0n) is 7.95. The summed E-state index contributed by atoms with van der Waals surface area (Å²) < 4.78 is 39.6. The standard InChI is InChI=1S/C8H5BrF3NO4/c9-1-3-5(7(15)16)6(4(14)2-13-3)17-8(10,11)12/h2,14H,1H2,(H,15,16). The summed E-state index contributed by atoms with van der Waals surface area (Å²) >= 11 is 2.87. The number of pyridine rings is 1. The lowest BCUT2D eigenvalue weighted by Crippen LogP contribution is -2.20. The summed E-state index contributed by atoms with van der Waals surface area (Å²) in [6, 6.07) is 0. The number of aromatic nitrogens is 1. The number of aromatic hydroxyl groups is 1. The monoisotopic (exact) mass is 315 g/mol. The SMILES string of the molecule is O=C(O)c1c(CBr)ncc(O)c1OC(F)(F)F. The van der Waals surface area contributed by atoms with Gasteiger partial charge in [0.15, 0.2) is 11.5 Å². The van der Waals surface area contributed by atoms with Gasteiger partial charge in [-0.15, -0.1) is 13.2 Å². The minimum absolute atomic E-state index is 0.0941. The van der Waals surface area contributed by atoms with E-state index in [1.54, 1.807) is 0 Å². The van der Waals surface area contributed by atoms with Gasteiger partial charge in [-0.3, -0.25) is 4.98 Å². The molecule has 2 N–H and O–H groups in total. The molecule has 1 rings (SSSR count). The topological polar surface area (TPSA) is 79.7 Å². The number of ether oxygens (including phenoxy) is 1. The lowest BCUT2D eigenvalue weighted by molar-refractivity contribution is -0.275. The van der Waals surface area contributed by atoms with Crippen molar-refractivity contribution in [1.82, 2.24) is 4.98 Å². The molecule has 1 heterocycles. The van der Waals surface area contributed by atoms with Crippen LogP contribution in [0.5, 0.6) is 11.5 Å². The largest absolute Gasteiger partial charge is 0.573 e. The van der Waals surface area contributed by atoms with Crippen molar-refractivity contribution < 1.29 is 32.9 Å². The number of alkyl halides is 4. The highest BCUT2D eigenvalue weighted by atomic mass is 79.9. The number of hydrogen-bond acceptors (Lipinski definition) is 4. The van der Waals surface area contributed by atoms with Crippen LogP contribution in [0.15, 0.2) is 6.20 Å². The van der Waals surface area contributed by atoms with E-state index in [0.717, 1.165) is 0 Å². The van der Waals surface area contributed by atoms with Crippen LogP contribution >= 0.6 is 15.9 Å². The lowest BCUT2D eigenvalue weighted by atomic mass is 10.2. The van der Waals surface area contributed by atoms with Crippen LogP contribution in [0.2, 0.25) is 0 Å². The summed E-state index contributed by atoms with van der Waals surface area (Å²) in [6.07, 6.45) is -4.42. The molecule has 0 aliphatic carbocycles. The number of carboxylic acid groups (broad SMARTS) is 1. The number of carboxylic acids is 1. The molecule has 0 aromatic carbocycles. The summed E-state index contributed by atoms with van der Waals surface area (Å²) in [5.74, 6) is -3.85. The molecular formula is C8H5BrF3NO4. The van der Waals surface area contributed by atoms with E-state index in [1.165, 1.54) is 0 Å². The molecule has 9 heteroatoms. The van der Waals surface area contributed by atoms with Gasteiger partial charge in [-0.2, -0.15) is 0 Å². The van der Waals surface area contributed by atoms with E-state index >= 15 is 0 Å². The Morgan fingerprint density at radius 3 is 2.53 bits per heavy atom. The normalized spacial score (nSPS) is 11.3. The Morgan fingerprint density at radius 1 is 1.53 bits per heavy atom. The maximum Gasteiger partial charge on any atom is 0.573 e. The fourth-order valence-electron chi connectivity index (χ4n) is 1.06. The van der Waals surface area contributed by atoms with Crippen molar-refractivity contribution in [2.24, 2.45) is 0 Å². The molecule has 0 saturated carbocycles. The number of nitrogens with zero attached hydrogens (tertiary/aromatic N) is 1. The van der Waals surface area contributed by atoms with Gasteiger partial charge in [0.05, 0.1) is 11.9 Å². The zero-order chi connectivity index (χ0) is 13.2. The first-order chi connectivity index (χ1) is 7.76. The van der Waals surface area contributed by atoms with Crippen LogP contribution in [0.25, 0.3) is 0 Å². The molecule has 17 heavy (non-hydrogen) atoms. The first-order valence-corrected chi connectivity index (χ1v) is 5.14. The second kappa shape index (κ2) is 4.78. The van der Waals surface area contributed by atoms with Gasteiger partial charge in [-0.25, -0.2) is 4.79 Å². The summed E-state index contributed by atoms with van der Waals surface area (Å²) in [5.41, 5.74) is -1.02. The van der Waals surface area contributed by atoms with Crippen LogP contribution in [0.1, 0.15) is 16.1 Å². The molecule has 1 aromatic rings. The average Bonchev–Trinajstić information content (AvgIpc) is 2.18. The second-order valence-corrected chi connectivity index (χ2v) is 3.34. The molecule has 5 nitrogen and oxygen atoms in total. The third-order valence-corrected chi connectivity index (χ3v) is 2.18. The first kappa shape index (κ1) is 13.6. The summed E-state index contributed by atoms with van der Waals surface area (Å²) in [4.78, 5) is 14.3. The molecule has 0 bridgehead atoms. The van der Waals surface area contributed by atoms with E-state index < -0.39 is 29.4 Å². The van der Waals surface area contributed by atoms with Gasteiger partial charge < -0.3 is 14.9 Å². The van der Waals surface area contributed by atoms with Crippen molar-refractivity contribution in [2.45, 2.75) is 11.7 Å². The molecule has 94 valence electrons. The number of aromatic carboxylic acids is 1. The zero-order valence-corrected chi connectivity index (χ0v) is 9.54. The average molecular weight is 316 g/mol. The molecule has 0 aliphatic heterocycles. The third-order valence-electron chi connectivity index (χ3n) is 1.65. The Morgan fingerprint density at radius 2 is 2.12 bits per heavy atom. The smallest absolute Gasteiger partial charge is 0.503 e. The van der Waals surface area contributed by atoms with Crippen molar-refractivity contribution in [3.63, 3.8) is 0 Å². The van der Waals surface area contributed by atoms with E-state index in [-0.39, 0.29) is 11.0 Å². The van der Waals surface area contributed by atoms with Crippen molar-refractivity contribution in [1.29, 1.82) is 0 Å². The van der Waals surface area contributed by atoms with Crippen LogP contribution in [0.4, 0.5) is 13.2 Å². The summed E-state index contributed by atoms with van der Waals surface area (Å²) in [6.45, 7) is 0. The Bertz CT molecular complexity index is 449. The van der Waals surface area contributed by atoms with Gasteiger partial charge in [0.2, 0.25) is 0 Å². The van der Waals surface area contributed by atoms with Gasteiger partial charge in [-0.1, -0.05) is 15.9 Å². The number of hydrogen-bond donors (Lipinski definition) is 2. The fraction of sp³-hybridized carbons (Fsp3) is 0.250. The maximum atomic E-state index is 12.0. The van der Waals surface area contributed by atoms with Crippen LogP contribution in [0.3, 0.4) is 0 Å². The molecule has 0 atom stereocenters. The second-order valence-electron chi connectivity index (χ2n) is 2.78. The van der Waals surface area contributed by atoms with E-state index in [2.05, 4.69) is 25.7 Å².